The van der Waals surface area contributed by atoms with Gasteiger partial charge in [0.2, 0.25) is 0 Å². The van der Waals surface area contributed by atoms with Crippen molar-refractivity contribution in [3.8, 4) is 11.3 Å². The second-order valence-corrected chi connectivity index (χ2v) is 5.53. The number of benzene rings is 1. The third kappa shape index (κ3) is 2.13. The molecule has 0 unspecified atom stereocenters. The minimum Gasteiger partial charge on any atom is -0.242 e. The molecule has 0 saturated carbocycles. The van der Waals surface area contributed by atoms with E-state index < -0.39 is 0 Å². The summed E-state index contributed by atoms with van der Waals surface area (Å²) in [6.07, 6.45) is 0. The van der Waals surface area contributed by atoms with Crippen LogP contribution in [-0.2, 0) is 0 Å². The summed E-state index contributed by atoms with van der Waals surface area (Å²) in [6, 6.07) is 4.34. The highest BCUT2D eigenvalue weighted by molar-refractivity contribution is 9.10. The molecule has 0 aliphatic rings. The van der Waals surface area contributed by atoms with Crippen LogP contribution in [0.1, 0.15) is 16.1 Å². The first kappa shape index (κ1) is 10.8. The van der Waals surface area contributed by atoms with Crippen LogP contribution in [0.2, 0.25) is 0 Å². The molecular formula is C12H12BrNS. The van der Waals surface area contributed by atoms with Crippen LogP contribution >= 0.6 is 27.3 Å². The molecule has 0 atom stereocenters. The number of hydrogen-bond acceptors (Lipinski definition) is 2. The van der Waals surface area contributed by atoms with Gasteiger partial charge in [0.05, 0.1) is 10.7 Å². The topological polar surface area (TPSA) is 12.9 Å². The maximum absolute atomic E-state index is 4.50. The Morgan fingerprint density at radius 3 is 2.20 bits per heavy atom. The zero-order chi connectivity index (χ0) is 11.0. The van der Waals surface area contributed by atoms with Crippen molar-refractivity contribution in [2.75, 3.05) is 0 Å². The lowest BCUT2D eigenvalue weighted by Gasteiger charge is -2.05. The first-order valence-corrected chi connectivity index (χ1v) is 6.44. The lowest BCUT2D eigenvalue weighted by atomic mass is 10.1. The van der Waals surface area contributed by atoms with Crippen molar-refractivity contribution >= 4 is 27.3 Å². The molecule has 15 heavy (non-hydrogen) atoms. The molecule has 0 N–H and O–H groups in total. The maximum Gasteiger partial charge on any atom is 0.0901 e. The van der Waals surface area contributed by atoms with E-state index in [0.29, 0.717) is 0 Å². The molecule has 1 aromatic carbocycles. The standard InChI is InChI=1S/C12H12BrNS/c1-7-4-10(5-8(2)12(7)13)11-6-15-9(3)14-11/h4-6H,1-3H3. The van der Waals surface area contributed by atoms with Crippen molar-refractivity contribution in [1.82, 2.24) is 4.98 Å². The SMILES string of the molecule is Cc1nc(-c2cc(C)c(Br)c(C)c2)cs1. The number of rotatable bonds is 1. The first-order chi connectivity index (χ1) is 7.08. The second kappa shape index (κ2) is 4.06. The van der Waals surface area contributed by atoms with Crippen LogP contribution in [0.4, 0.5) is 0 Å². The van der Waals surface area contributed by atoms with Crippen LogP contribution < -0.4 is 0 Å². The number of hydrogen-bond donors (Lipinski definition) is 0. The summed E-state index contributed by atoms with van der Waals surface area (Å²) in [5, 5.41) is 3.22. The van der Waals surface area contributed by atoms with E-state index in [0.717, 1.165) is 10.7 Å². The molecule has 1 aromatic heterocycles. The highest BCUT2D eigenvalue weighted by atomic mass is 79.9. The smallest absolute Gasteiger partial charge is 0.0901 e. The van der Waals surface area contributed by atoms with Gasteiger partial charge in [0.25, 0.3) is 0 Å². The van der Waals surface area contributed by atoms with Crippen molar-refractivity contribution in [3.63, 3.8) is 0 Å². The summed E-state index contributed by atoms with van der Waals surface area (Å²) in [6.45, 7) is 6.26. The summed E-state index contributed by atoms with van der Waals surface area (Å²) in [7, 11) is 0. The molecule has 0 aliphatic carbocycles. The highest BCUT2D eigenvalue weighted by Gasteiger charge is 2.06. The molecule has 0 saturated heterocycles. The van der Waals surface area contributed by atoms with Gasteiger partial charge in [0.15, 0.2) is 0 Å². The number of aryl methyl sites for hydroxylation is 3. The van der Waals surface area contributed by atoms with Crippen LogP contribution in [0.3, 0.4) is 0 Å². The first-order valence-electron chi connectivity index (χ1n) is 4.77. The molecule has 78 valence electrons. The van der Waals surface area contributed by atoms with E-state index in [4.69, 9.17) is 0 Å². The van der Waals surface area contributed by atoms with E-state index in [2.05, 4.69) is 52.3 Å². The summed E-state index contributed by atoms with van der Waals surface area (Å²) in [4.78, 5) is 4.50. The van der Waals surface area contributed by atoms with E-state index in [-0.39, 0.29) is 0 Å². The monoisotopic (exact) mass is 281 g/mol. The average molecular weight is 282 g/mol. The van der Waals surface area contributed by atoms with Crippen molar-refractivity contribution < 1.29 is 0 Å². The van der Waals surface area contributed by atoms with E-state index in [9.17, 15) is 0 Å². The zero-order valence-corrected chi connectivity index (χ0v) is 11.4. The van der Waals surface area contributed by atoms with Crippen molar-refractivity contribution in [1.29, 1.82) is 0 Å². The maximum atomic E-state index is 4.50. The van der Waals surface area contributed by atoms with Gasteiger partial charge in [-0.15, -0.1) is 11.3 Å². The Labute approximate surface area is 102 Å². The minimum atomic E-state index is 1.08. The molecule has 0 spiro atoms. The van der Waals surface area contributed by atoms with Gasteiger partial charge < -0.3 is 0 Å². The zero-order valence-electron chi connectivity index (χ0n) is 8.97. The van der Waals surface area contributed by atoms with E-state index in [1.165, 1.54) is 21.2 Å². The molecule has 2 aromatic rings. The molecule has 0 radical (unpaired) electrons. The second-order valence-electron chi connectivity index (χ2n) is 3.68. The Kier molecular flexibility index (Phi) is 2.94. The van der Waals surface area contributed by atoms with Gasteiger partial charge in [-0.25, -0.2) is 4.98 Å². The van der Waals surface area contributed by atoms with Crippen molar-refractivity contribution in [2.45, 2.75) is 20.8 Å². The molecule has 0 bridgehead atoms. The summed E-state index contributed by atoms with van der Waals surface area (Å²) in [5.74, 6) is 0. The van der Waals surface area contributed by atoms with Crippen LogP contribution in [0.15, 0.2) is 22.0 Å². The predicted octanol–water partition coefficient (Wildman–Crippen LogP) is 4.50. The number of nitrogens with zero attached hydrogens (tertiary/aromatic N) is 1. The fraction of sp³-hybridized carbons (Fsp3) is 0.250. The van der Waals surface area contributed by atoms with Gasteiger partial charge in [-0.2, -0.15) is 0 Å². The molecule has 2 rings (SSSR count). The largest absolute Gasteiger partial charge is 0.242 e. The highest BCUT2D eigenvalue weighted by Crippen LogP contribution is 2.28. The van der Waals surface area contributed by atoms with Crippen LogP contribution in [0.25, 0.3) is 11.3 Å². The molecule has 3 heteroatoms. The van der Waals surface area contributed by atoms with E-state index >= 15 is 0 Å². The Morgan fingerprint density at radius 2 is 1.73 bits per heavy atom. The fourth-order valence-corrected chi connectivity index (χ4v) is 2.44. The molecular weight excluding hydrogens is 270 g/mol. The lowest BCUT2D eigenvalue weighted by Crippen LogP contribution is -1.85. The van der Waals surface area contributed by atoms with Gasteiger partial charge in [-0.3, -0.25) is 0 Å². The minimum absolute atomic E-state index is 1.08. The molecule has 0 fully saturated rings. The lowest BCUT2D eigenvalue weighted by molar-refractivity contribution is 1.28. The van der Waals surface area contributed by atoms with Crippen molar-refractivity contribution in [3.05, 3.63) is 38.1 Å². The molecule has 0 aliphatic heterocycles. The fourth-order valence-electron chi connectivity index (χ4n) is 1.59. The Morgan fingerprint density at radius 1 is 1.13 bits per heavy atom. The summed E-state index contributed by atoms with van der Waals surface area (Å²) >= 11 is 5.27. The molecule has 1 nitrogen and oxygen atoms in total. The predicted molar refractivity (Wildman–Crippen MR) is 69.5 cm³/mol. The Balaban J connectivity index is 2.55. The van der Waals surface area contributed by atoms with E-state index in [1.54, 1.807) is 11.3 Å². The summed E-state index contributed by atoms with van der Waals surface area (Å²) in [5.41, 5.74) is 4.81. The van der Waals surface area contributed by atoms with Gasteiger partial charge >= 0.3 is 0 Å². The Bertz CT molecular complexity index is 479. The third-order valence-corrected chi connectivity index (χ3v) is 4.38. The Hall–Kier alpha value is -0.670. The normalized spacial score (nSPS) is 10.7. The average Bonchev–Trinajstić information content (AvgIpc) is 2.60. The summed E-state index contributed by atoms with van der Waals surface area (Å²) < 4.78 is 1.19. The third-order valence-electron chi connectivity index (χ3n) is 2.35. The van der Waals surface area contributed by atoms with Crippen molar-refractivity contribution in [2.24, 2.45) is 0 Å². The molecule has 0 amide bonds. The van der Waals surface area contributed by atoms with Gasteiger partial charge in [0.1, 0.15) is 0 Å². The van der Waals surface area contributed by atoms with Crippen LogP contribution in [0, 0.1) is 20.8 Å². The number of thiazole rings is 1. The van der Waals surface area contributed by atoms with Crippen LogP contribution in [-0.4, -0.2) is 4.98 Å². The van der Waals surface area contributed by atoms with E-state index in [1.807, 2.05) is 6.92 Å². The van der Waals surface area contributed by atoms with Gasteiger partial charge in [-0.1, -0.05) is 15.9 Å². The van der Waals surface area contributed by atoms with Gasteiger partial charge in [0, 0.05) is 15.4 Å². The molecule has 1 heterocycles. The van der Waals surface area contributed by atoms with Crippen LogP contribution in [0.5, 0.6) is 0 Å². The number of halogens is 1. The number of aromatic nitrogens is 1. The van der Waals surface area contributed by atoms with Gasteiger partial charge in [-0.05, 0) is 44.0 Å². The quantitative estimate of drug-likeness (QED) is 0.750.